The molecular weight excluding hydrogens is 749 g/mol. The molecular formula is C44H81NO11P+. The van der Waals surface area contributed by atoms with Crippen molar-refractivity contribution >= 4 is 13.8 Å². The largest absolute Gasteiger partial charge is 0.472 e. The molecule has 2 rings (SSSR count). The first-order chi connectivity index (χ1) is 27.5. The van der Waals surface area contributed by atoms with E-state index in [4.69, 9.17) is 28.3 Å². The Morgan fingerprint density at radius 3 is 2.09 bits per heavy atom. The minimum Gasteiger partial charge on any atom is -0.457 e. The number of hydrogen-bond donors (Lipinski definition) is 2. The third-order valence-corrected chi connectivity index (χ3v) is 11.6. The van der Waals surface area contributed by atoms with Crippen molar-refractivity contribution in [3.8, 4) is 0 Å². The summed E-state index contributed by atoms with van der Waals surface area (Å²) in [5.74, 6) is -0.00522. The zero-order valence-electron chi connectivity index (χ0n) is 36.3. The van der Waals surface area contributed by atoms with E-state index in [1.54, 1.807) is 0 Å². The van der Waals surface area contributed by atoms with E-state index in [9.17, 15) is 19.5 Å². The number of esters is 1. The molecule has 13 heteroatoms. The van der Waals surface area contributed by atoms with E-state index >= 15 is 0 Å². The van der Waals surface area contributed by atoms with E-state index in [0.29, 0.717) is 36.9 Å². The van der Waals surface area contributed by atoms with Crippen molar-refractivity contribution in [1.29, 1.82) is 0 Å². The molecule has 2 bridgehead atoms. The van der Waals surface area contributed by atoms with Crippen molar-refractivity contribution < 1.29 is 57.2 Å². The molecule has 7 atom stereocenters. The summed E-state index contributed by atoms with van der Waals surface area (Å²) in [5.41, 5.74) is 0. The van der Waals surface area contributed by atoms with Crippen LogP contribution >= 0.6 is 7.82 Å². The van der Waals surface area contributed by atoms with Crippen molar-refractivity contribution in [2.45, 2.75) is 173 Å². The lowest BCUT2D eigenvalue weighted by molar-refractivity contribution is -0.870. The quantitative estimate of drug-likeness (QED) is 0.0118. The molecule has 2 fully saturated rings. The Morgan fingerprint density at radius 1 is 0.807 bits per heavy atom. The van der Waals surface area contributed by atoms with Gasteiger partial charge < -0.3 is 18.9 Å². The number of allylic oxidation sites excluding steroid dienone is 3. The summed E-state index contributed by atoms with van der Waals surface area (Å²) in [6.45, 7) is 5.21. The molecule has 1 aliphatic carbocycles. The molecule has 0 spiro atoms. The van der Waals surface area contributed by atoms with Crippen LogP contribution in [0.5, 0.6) is 0 Å². The first kappa shape index (κ1) is 51.7. The molecule has 0 amide bonds. The predicted molar refractivity (Wildman–Crippen MR) is 225 cm³/mol. The van der Waals surface area contributed by atoms with Gasteiger partial charge >= 0.3 is 13.8 Å². The molecule has 0 aromatic heterocycles. The smallest absolute Gasteiger partial charge is 0.457 e. The Labute approximate surface area is 345 Å². The van der Waals surface area contributed by atoms with Gasteiger partial charge in [0.05, 0.1) is 40.5 Å². The van der Waals surface area contributed by atoms with Crippen LogP contribution in [-0.4, -0.2) is 99.1 Å². The Hall–Kier alpha value is -1.44. The maximum atomic E-state index is 12.8. The highest BCUT2D eigenvalue weighted by molar-refractivity contribution is 7.47. The van der Waals surface area contributed by atoms with Crippen LogP contribution < -0.4 is 0 Å². The van der Waals surface area contributed by atoms with E-state index in [-0.39, 0.29) is 50.3 Å². The summed E-state index contributed by atoms with van der Waals surface area (Å²) in [7, 11) is 1.56. The van der Waals surface area contributed by atoms with Crippen molar-refractivity contribution in [3.63, 3.8) is 0 Å². The number of hydrogen-bond acceptors (Lipinski definition) is 10. The van der Waals surface area contributed by atoms with Gasteiger partial charge in [-0.25, -0.2) is 19.2 Å². The number of nitrogens with zero attached hydrogens (tertiary/aromatic N) is 1. The molecule has 2 aliphatic rings. The van der Waals surface area contributed by atoms with Gasteiger partial charge in [0.1, 0.15) is 31.5 Å². The van der Waals surface area contributed by atoms with Gasteiger partial charge in [-0.1, -0.05) is 134 Å². The van der Waals surface area contributed by atoms with Crippen LogP contribution in [0.4, 0.5) is 0 Å². The predicted octanol–water partition coefficient (Wildman–Crippen LogP) is 10.5. The first-order valence-corrected chi connectivity index (χ1v) is 23.8. The molecule has 1 aliphatic heterocycles. The number of phosphoric ester groups is 1. The van der Waals surface area contributed by atoms with E-state index in [0.717, 1.165) is 32.1 Å². The lowest BCUT2D eigenvalue weighted by atomic mass is 9.89. The van der Waals surface area contributed by atoms with Gasteiger partial charge in [-0.3, -0.25) is 19.1 Å². The highest BCUT2D eigenvalue weighted by Crippen LogP contribution is 2.45. The minimum atomic E-state index is -4.33. The molecule has 1 saturated carbocycles. The number of carbonyl (C=O) groups excluding carboxylic acids is 1. The zero-order valence-corrected chi connectivity index (χ0v) is 37.2. The molecule has 0 aromatic rings. The number of ether oxygens (including phenoxy) is 2. The highest BCUT2D eigenvalue weighted by atomic mass is 31.2. The third kappa shape index (κ3) is 25.7. The van der Waals surface area contributed by atoms with Crippen LogP contribution in [0.3, 0.4) is 0 Å². The average Bonchev–Trinajstić information content (AvgIpc) is 3.78. The Kier molecular flexibility index (Phi) is 28.5. The zero-order chi connectivity index (χ0) is 41.6. The standard InChI is InChI=1S/C44H80NO11P/c1-6-8-10-11-12-13-14-15-16-17-18-19-22-26-33-50-36-39(37-52-57(48,49)51-34-32-45(3,4)5)53-44(46)29-25-21-20-24-28-40-41(43-35-42(40)55-56-43)31-30-38(54-47)27-23-9-7-2/h9,20,23-24,30-31,38-43H,6-8,10-19,21-22,25-29,32-37H2,1-5H3,(H-,47,48,49)/p+1/b23-9-,24-20-,31-30+. The summed E-state index contributed by atoms with van der Waals surface area (Å²) in [4.78, 5) is 38.8. The van der Waals surface area contributed by atoms with Crippen LogP contribution in [-0.2, 0) is 42.5 Å². The number of quaternary nitrogens is 1. The van der Waals surface area contributed by atoms with Gasteiger partial charge in [-0.2, -0.15) is 0 Å². The number of likely N-dealkylation sites (N-methyl/N-ethyl adjacent to an activating group) is 1. The highest BCUT2D eigenvalue weighted by Gasteiger charge is 2.49. The van der Waals surface area contributed by atoms with Gasteiger partial charge in [0.15, 0.2) is 0 Å². The number of fused-ring (bicyclic) bond motifs is 2. The topological polar surface area (TPSA) is 139 Å². The van der Waals surface area contributed by atoms with Crippen LogP contribution in [0, 0.1) is 11.8 Å². The number of unbranched alkanes of at least 4 members (excludes halogenated alkanes) is 14. The maximum Gasteiger partial charge on any atom is 0.472 e. The fraction of sp³-hybridized carbons (Fsp3) is 0.841. The molecule has 332 valence electrons. The van der Waals surface area contributed by atoms with Crippen molar-refractivity contribution in [2.75, 3.05) is 54.1 Å². The van der Waals surface area contributed by atoms with Crippen molar-refractivity contribution in [1.82, 2.24) is 0 Å². The molecule has 0 radical (unpaired) electrons. The van der Waals surface area contributed by atoms with Gasteiger partial charge in [0.2, 0.25) is 0 Å². The second-order valence-electron chi connectivity index (χ2n) is 16.9. The second kappa shape index (κ2) is 31.4. The van der Waals surface area contributed by atoms with Gasteiger partial charge in [0.25, 0.3) is 0 Å². The lowest BCUT2D eigenvalue weighted by Gasteiger charge is -2.27. The summed E-state index contributed by atoms with van der Waals surface area (Å²) in [6, 6.07) is 0. The minimum absolute atomic E-state index is 0.0147. The van der Waals surface area contributed by atoms with Gasteiger partial charge in [-0.15, -0.1) is 0 Å². The first-order valence-electron chi connectivity index (χ1n) is 22.3. The van der Waals surface area contributed by atoms with Gasteiger partial charge in [0, 0.05) is 31.3 Å². The monoisotopic (exact) mass is 831 g/mol. The van der Waals surface area contributed by atoms with Crippen molar-refractivity contribution in [2.24, 2.45) is 11.8 Å². The second-order valence-corrected chi connectivity index (χ2v) is 18.3. The SMILES string of the molecule is CC/C=C\CC(/C=C/C1C2CC(OO2)C1C/C=C\CCCC(=O)OC(COCCCCCCCCCCCCCCCC)COP(=O)(O)OCC[N+](C)(C)C)OO. The molecule has 57 heavy (non-hydrogen) atoms. The van der Waals surface area contributed by atoms with Crippen LogP contribution in [0.15, 0.2) is 36.5 Å². The Bertz CT molecular complexity index is 1160. The van der Waals surface area contributed by atoms with E-state index in [1.165, 1.54) is 77.0 Å². The van der Waals surface area contributed by atoms with Crippen LogP contribution in [0.25, 0.3) is 0 Å². The van der Waals surface area contributed by atoms with E-state index in [1.807, 2.05) is 39.4 Å². The van der Waals surface area contributed by atoms with E-state index < -0.39 is 26.0 Å². The maximum absolute atomic E-state index is 12.8. The van der Waals surface area contributed by atoms with Crippen LogP contribution in [0.1, 0.15) is 149 Å². The average molecular weight is 831 g/mol. The molecule has 12 nitrogen and oxygen atoms in total. The number of rotatable bonds is 37. The fourth-order valence-corrected chi connectivity index (χ4v) is 7.92. The number of carbonyl (C=O) groups is 1. The summed E-state index contributed by atoms with van der Waals surface area (Å²) >= 11 is 0. The van der Waals surface area contributed by atoms with Crippen LogP contribution in [0.2, 0.25) is 0 Å². The molecule has 0 aromatic carbocycles. The Morgan fingerprint density at radius 2 is 1.46 bits per heavy atom. The van der Waals surface area contributed by atoms with E-state index in [2.05, 4.69) is 37.0 Å². The molecule has 2 N–H and O–H groups in total. The third-order valence-electron chi connectivity index (χ3n) is 10.6. The Balaban J connectivity index is 1.72. The molecule has 1 heterocycles. The normalized spacial score (nSPS) is 21.9. The summed E-state index contributed by atoms with van der Waals surface area (Å²) < 4.78 is 35.1. The molecule has 1 saturated heterocycles. The fourth-order valence-electron chi connectivity index (χ4n) is 7.18. The summed E-state index contributed by atoms with van der Waals surface area (Å²) in [6.07, 6.45) is 33.5. The summed E-state index contributed by atoms with van der Waals surface area (Å²) in [5, 5.41) is 9.32. The lowest BCUT2D eigenvalue weighted by Crippen LogP contribution is -2.37. The number of phosphoric acid groups is 1. The van der Waals surface area contributed by atoms with Gasteiger partial charge in [-0.05, 0) is 38.5 Å². The molecule has 7 unspecified atom stereocenters. The van der Waals surface area contributed by atoms with Crippen molar-refractivity contribution in [3.05, 3.63) is 36.5 Å².